The molecule has 0 unspecified atom stereocenters. The number of carbonyl (C=O) groups is 1. The van der Waals surface area contributed by atoms with E-state index in [0.717, 1.165) is 42.5 Å². The monoisotopic (exact) mass is 412 g/mol. The number of nitrogens with one attached hydrogen (secondary N) is 1. The Morgan fingerprint density at radius 1 is 1.11 bits per heavy atom. The molecule has 0 radical (unpaired) electrons. The number of carbonyl (C=O) groups excluding carboxylic acids is 1. The molecular formula is C20H20N4O2S2. The van der Waals surface area contributed by atoms with E-state index in [1.807, 2.05) is 24.3 Å². The van der Waals surface area contributed by atoms with Crippen LogP contribution in [0.15, 0.2) is 48.5 Å². The van der Waals surface area contributed by atoms with Crippen LogP contribution in [0.25, 0.3) is 10.2 Å². The number of aromatic nitrogens is 1. The number of rotatable bonds is 3. The van der Waals surface area contributed by atoms with Gasteiger partial charge in [-0.2, -0.15) is 0 Å². The summed E-state index contributed by atoms with van der Waals surface area (Å²) in [6.45, 7) is 3.43. The van der Waals surface area contributed by atoms with Crippen LogP contribution in [-0.2, 0) is 4.74 Å². The fourth-order valence-corrected chi connectivity index (χ4v) is 4.42. The van der Waals surface area contributed by atoms with E-state index >= 15 is 0 Å². The smallest absolute Gasteiger partial charge is 0.337 e. The Hall–Kier alpha value is -2.71. The number of thiocarbonyl (C=S) groups is 1. The van der Waals surface area contributed by atoms with Crippen molar-refractivity contribution in [3.8, 4) is 0 Å². The van der Waals surface area contributed by atoms with E-state index in [-0.39, 0.29) is 5.97 Å². The third kappa shape index (κ3) is 3.93. The van der Waals surface area contributed by atoms with Gasteiger partial charge in [-0.25, -0.2) is 9.78 Å². The minimum Gasteiger partial charge on any atom is -0.465 e. The summed E-state index contributed by atoms with van der Waals surface area (Å²) in [6, 6.07) is 15.3. The number of methoxy groups -OCH3 is 1. The summed E-state index contributed by atoms with van der Waals surface area (Å²) in [5.41, 5.74) is 2.42. The average molecular weight is 413 g/mol. The van der Waals surface area contributed by atoms with Crippen molar-refractivity contribution < 1.29 is 9.53 Å². The Morgan fingerprint density at radius 3 is 2.50 bits per heavy atom. The Bertz CT molecular complexity index is 962. The first-order valence-electron chi connectivity index (χ1n) is 8.99. The molecule has 0 amide bonds. The van der Waals surface area contributed by atoms with E-state index in [4.69, 9.17) is 21.9 Å². The summed E-state index contributed by atoms with van der Waals surface area (Å²) in [5, 5.41) is 5.00. The van der Waals surface area contributed by atoms with Crippen molar-refractivity contribution in [3.05, 3.63) is 54.1 Å². The highest BCUT2D eigenvalue weighted by molar-refractivity contribution is 7.80. The lowest BCUT2D eigenvalue weighted by Crippen LogP contribution is -2.50. The van der Waals surface area contributed by atoms with Gasteiger partial charge in [-0.3, -0.25) is 0 Å². The van der Waals surface area contributed by atoms with Crippen LogP contribution in [0.1, 0.15) is 10.4 Å². The summed E-state index contributed by atoms with van der Waals surface area (Å²) < 4.78 is 5.93. The molecule has 1 aliphatic rings. The van der Waals surface area contributed by atoms with E-state index in [9.17, 15) is 4.79 Å². The predicted octanol–water partition coefficient (Wildman–Crippen LogP) is 3.60. The molecule has 4 rings (SSSR count). The molecule has 6 nitrogen and oxygen atoms in total. The molecule has 0 bridgehead atoms. The maximum absolute atomic E-state index is 11.5. The summed E-state index contributed by atoms with van der Waals surface area (Å²) in [5.74, 6) is -0.347. The van der Waals surface area contributed by atoms with E-state index in [2.05, 4.69) is 27.2 Å². The lowest BCUT2D eigenvalue weighted by atomic mass is 10.2. The van der Waals surface area contributed by atoms with Crippen molar-refractivity contribution in [2.75, 3.05) is 43.5 Å². The second-order valence-electron chi connectivity index (χ2n) is 6.44. The van der Waals surface area contributed by atoms with Crippen molar-refractivity contribution in [2.24, 2.45) is 0 Å². The first-order chi connectivity index (χ1) is 13.6. The molecule has 2 heterocycles. The highest BCUT2D eigenvalue weighted by atomic mass is 32.1. The fourth-order valence-electron chi connectivity index (χ4n) is 3.11. The maximum atomic E-state index is 11.5. The number of thiazole rings is 1. The second kappa shape index (κ2) is 8.12. The van der Waals surface area contributed by atoms with Crippen molar-refractivity contribution in [1.82, 2.24) is 9.88 Å². The third-order valence-electron chi connectivity index (χ3n) is 4.68. The maximum Gasteiger partial charge on any atom is 0.337 e. The van der Waals surface area contributed by atoms with E-state index in [1.54, 1.807) is 23.5 Å². The van der Waals surface area contributed by atoms with Gasteiger partial charge in [-0.05, 0) is 48.6 Å². The number of anilines is 2. The summed E-state index contributed by atoms with van der Waals surface area (Å²) in [6.07, 6.45) is 0. The average Bonchev–Trinajstić information content (AvgIpc) is 3.18. The molecule has 0 aliphatic carbocycles. The molecule has 1 fully saturated rings. The van der Waals surface area contributed by atoms with Crippen LogP contribution in [-0.4, -0.2) is 54.3 Å². The fraction of sp³-hybridized carbons (Fsp3) is 0.250. The van der Waals surface area contributed by atoms with Crippen LogP contribution < -0.4 is 10.2 Å². The van der Waals surface area contributed by atoms with Crippen LogP contribution in [0.3, 0.4) is 0 Å². The topological polar surface area (TPSA) is 57.7 Å². The number of esters is 1. The molecule has 3 aromatic rings. The molecule has 0 saturated carbocycles. The summed E-state index contributed by atoms with van der Waals surface area (Å²) in [4.78, 5) is 20.7. The minimum absolute atomic E-state index is 0.347. The SMILES string of the molecule is COC(=O)c1ccc(NC(=S)N2CCN(c3nc4ccccc4s3)CC2)cc1. The van der Waals surface area contributed by atoms with Gasteiger partial charge in [0.15, 0.2) is 10.2 Å². The normalized spacial score (nSPS) is 14.2. The molecule has 144 valence electrons. The van der Waals surface area contributed by atoms with Crippen molar-refractivity contribution >= 4 is 55.7 Å². The van der Waals surface area contributed by atoms with E-state index < -0.39 is 0 Å². The standard InChI is InChI=1S/C20H20N4O2S2/c1-26-18(25)14-6-8-15(9-7-14)21-19(27)23-10-12-24(13-11-23)20-22-16-4-2-3-5-17(16)28-20/h2-9H,10-13H2,1H3,(H,21,27). The van der Waals surface area contributed by atoms with E-state index in [1.165, 1.54) is 11.8 Å². The van der Waals surface area contributed by atoms with Gasteiger partial charge < -0.3 is 19.9 Å². The number of hydrogen-bond donors (Lipinski definition) is 1. The number of hydrogen-bond acceptors (Lipinski definition) is 6. The molecule has 1 aliphatic heterocycles. The Kier molecular flexibility index (Phi) is 5.40. The molecule has 1 saturated heterocycles. The molecule has 1 N–H and O–H groups in total. The Labute approximate surface area is 172 Å². The largest absolute Gasteiger partial charge is 0.465 e. The highest BCUT2D eigenvalue weighted by Gasteiger charge is 2.21. The Balaban J connectivity index is 1.34. The number of nitrogens with zero attached hydrogens (tertiary/aromatic N) is 3. The minimum atomic E-state index is -0.347. The molecule has 1 aromatic heterocycles. The predicted molar refractivity (Wildman–Crippen MR) is 117 cm³/mol. The van der Waals surface area contributed by atoms with Gasteiger partial charge >= 0.3 is 5.97 Å². The molecule has 0 atom stereocenters. The molecule has 28 heavy (non-hydrogen) atoms. The first kappa shape index (κ1) is 18.6. The number of ether oxygens (including phenoxy) is 1. The van der Waals surface area contributed by atoms with Gasteiger partial charge in [0.2, 0.25) is 0 Å². The molecular weight excluding hydrogens is 392 g/mol. The van der Waals surface area contributed by atoms with Gasteiger partial charge in [0.25, 0.3) is 0 Å². The molecule has 0 spiro atoms. The van der Waals surface area contributed by atoms with Gasteiger partial charge in [-0.15, -0.1) is 0 Å². The first-order valence-corrected chi connectivity index (χ1v) is 10.2. The molecule has 2 aromatic carbocycles. The quantitative estimate of drug-likeness (QED) is 0.521. The summed E-state index contributed by atoms with van der Waals surface area (Å²) >= 11 is 7.29. The van der Waals surface area contributed by atoms with Crippen molar-refractivity contribution in [2.45, 2.75) is 0 Å². The number of para-hydroxylation sites is 1. The zero-order chi connectivity index (χ0) is 19.5. The van der Waals surface area contributed by atoms with E-state index in [0.29, 0.717) is 10.7 Å². The Morgan fingerprint density at radius 2 is 1.82 bits per heavy atom. The van der Waals surface area contributed by atoms with Gasteiger partial charge in [0, 0.05) is 31.9 Å². The lowest BCUT2D eigenvalue weighted by molar-refractivity contribution is 0.0601. The van der Waals surface area contributed by atoms with Crippen molar-refractivity contribution in [1.29, 1.82) is 0 Å². The number of fused-ring (bicyclic) bond motifs is 1. The second-order valence-corrected chi connectivity index (χ2v) is 7.83. The van der Waals surface area contributed by atoms with Crippen LogP contribution in [0, 0.1) is 0 Å². The molecule has 8 heteroatoms. The zero-order valence-electron chi connectivity index (χ0n) is 15.4. The summed E-state index contributed by atoms with van der Waals surface area (Å²) in [7, 11) is 1.37. The van der Waals surface area contributed by atoms with Gasteiger partial charge in [0.05, 0.1) is 22.9 Å². The van der Waals surface area contributed by atoms with Crippen LogP contribution >= 0.6 is 23.6 Å². The van der Waals surface area contributed by atoms with Crippen LogP contribution in [0.2, 0.25) is 0 Å². The van der Waals surface area contributed by atoms with Crippen LogP contribution in [0.4, 0.5) is 10.8 Å². The highest BCUT2D eigenvalue weighted by Crippen LogP contribution is 2.29. The van der Waals surface area contributed by atoms with Gasteiger partial charge in [-0.1, -0.05) is 23.5 Å². The third-order valence-corrected chi connectivity index (χ3v) is 6.13. The van der Waals surface area contributed by atoms with Crippen molar-refractivity contribution in [3.63, 3.8) is 0 Å². The zero-order valence-corrected chi connectivity index (χ0v) is 17.1. The van der Waals surface area contributed by atoms with Crippen LogP contribution in [0.5, 0.6) is 0 Å². The lowest BCUT2D eigenvalue weighted by Gasteiger charge is -2.36. The van der Waals surface area contributed by atoms with Gasteiger partial charge in [0.1, 0.15) is 0 Å². The number of piperazine rings is 1. The number of benzene rings is 2.